The molecule has 0 aromatic carbocycles. The molecule has 3 nitrogen and oxygen atoms in total. The lowest BCUT2D eigenvalue weighted by atomic mass is 9.96. The Kier molecular flexibility index (Phi) is 3.21. The SMILES string of the molecule is CNCc1cnc(C)cc1OC1CCC1. The predicted octanol–water partition coefficient (Wildman–Crippen LogP) is 2.04. The summed E-state index contributed by atoms with van der Waals surface area (Å²) in [6.07, 6.45) is 6.03. The molecule has 0 atom stereocenters. The van der Waals surface area contributed by atoms with Crippen LogP contribution in [0.1, 0.15) is 30.5 Å². The molecular formula is C12H18N2O. The third kappa shape index (κ3) is 2.48. The van der Waals surface area contributed by atoms with Crippen LogP contribution in [-0.4, -0.2) is 18.1 Å². The first kappa shape index (κ1) is 10.4. The van der Waals surface area contributed by atoms with E-state index in [1.165, 1.54) is 19.3 Å². The summed E-state index contributed by atoms with van der Waals surface area (Å²) < 4.78 is 5.93. The molecule has 0 saturated heterocycles. The normalized spacial score (nSPS) is 16.1. The Labute approximate surface area is 90.9 Å². The lowest BCUT2D eigenvalue weighted by molar-refractivity contribution is 0.118. The summed E-state index contributed by atoms with van der Waals surface area (Å²) in [5.74, 6) is 1.00. The zero-order valence-corrected chi connectivity index (χ0v) is 9.42. The highest BCUT2D eigenvalue weighted by Crippen LogP contribution is 2.27. The van der Waals surface area contributed by atoms with E-state index in [0.717, 1.165) is 23.6 Å². The molecule has 1 aromatic rings. The molecule has 2 rings (SSSR count). The second-order valence-corrected chi connectivity index (χ2v) is 4.13. The zero-order chi connectivity index (χ0) is 10.7. The topological polar surface area (TPSA) is 34.2 Å². The molecule has 0 spiro atoms. The molecule has 0 amide bonds. The van der Waals surface area contributed by atoms with Crippen LogP contribution in [-0.2, 0) is 6.54 Å². The fourth-order valence-corrected chi connectivity index (χ4v) is 1.66. The van der Waals surface area contributed by atoms with Crippen molar-refractivity contribution >= 4 is 0 Å². The fraction of sp³-hybridized carbons (Fsp3) is 0.583. The number of hydrogen-bond acceptors (Lipinski definition) is 3. The maximum absolute atomic E-state index is 5.93. The van der Waals surface area contributed by atoms with Crippen LogP contribution < -0.4 is 10.1 Å². The van der Waals surface area contributed by atoms with Gasteiger partial charge in [-0.25, -0.2) is 0 Å². The Morgan fingerprint density at radius 3 is 2.93 bits per heavy atom. The van der Waals surface area contributed by atoms with Gasteiger partial charge in [-0.1, -0.05) is 0 Å². The lowest BCUT2D eigenvalue weighted by Gasteiger charge is -2.27. The maximum Gasteiger partial charge on any atom is 0.127 e. The van der Waals surface area contributed by atoms with Crippen LogP contribution in [0.4, 0.5) is 0 Å². The number of nitrogens with one attached hydrogen (secondary N) is 1. The third-order valence-electron chi connectivity index (χ3n) is 2.79. The van der Waals surface area contributed by atoms with Gasteiger partial charge in [0, 0.05) is 30.1 Å². The molecule has 0 bridgehead atoms. The summed E-state index contributed by atoms with van der Waals surface area (Å²) in [6, 6.07) is 2.03. The smallest absolute Gasteiger partial charge is 0.127 e. The van der Waals surface area contributed by atoms with Crippen molar-refractivity contribution in [1.82, 2.24) is 10.3 Å². The molecule has 1 N–H and O–H groups in total. The van der Waals surface area contributed by atoms with Gasteiger partial charge in [-0.15, -0.1) is 0 Å². The summed E-state index contributed by atoms with van der Waals surface area (Å²) in [7, 11) is 1.94. The average molecular weight is 206 g/mol. The predicted molar refractivity (Wildman–Crippen MR) is 60.0 cm³/mol. The van der Waals surface area contributed by atoms with Crippen molar-refractivity contribution in [3.05, 3.63) is 23.5 Å². The number of rotatable bonds is 4. The zero-order valence-electron chi connectivity index (χ0n) is 9.42. The minimum Gasteiger partial charge on any atom is -0.490 e. The van der Waals surface area contributed by atoms with Crippen molar-refractivity contribution in [3.8, 4) is 5.75 Å². The summed E-state index contributed by atoms with van der Waals surface area (Å²) in [6.45, 7) is 2.81. The van der Waals surface area contributed by atoms with Crippen LogP contribution in [0.3, 0.4) is 0 Å². The Hall–Kier alpha value is -1.09. The van der Waals surface area contributed by atoms with Crippen molar-refractivity contribution < 1.29 is 4.74 Å². The van der Waals surface area contributed by atoms with Crippen molar-refractivity contribution in [2.75, 3.05) is 7.05 Å². The summed E-state index contributed by atoms with van der Waals surface area (Å²) in [5, 5.41) is 3.13. The number of aryl methyl sites for hydroxylation is 1. The molecule has 0 unspecified atom stereocenters. The highest BCUT2D eigenvalue weighted by molar-refractivity contribution is 5.33. The molecule has 1 aromatic heterocycles. The van der Waals surface area contributed by atoms with Crippen molar-refractivity contribution in [3.63, 3.8) is 0 Å². The first-order valence-corrected chi connectivity index (χ1v) is 5.56. The quantitative estimate of drug-likeness (QED) is 0.818. The molecule has 1 saturated carbocycles. The van der Waals surface area contributed by atoms with Gasteiger partial charge in [-0.2, -0.15) is 0 Å². The van der Waals surface area contributed by atoms with Gasteiger partial charge in [0.1, 0.15) is 5.75 Å². The number of nitrogens with zero attached hydrogens (tertiary/aromatic N) is 1. The maximum atomic E-state index is 5.93. The number of aromatic nitrogens is 1. The van der Waals surface area contributed by atoms with Crippen molar-refractivity contribution in [2.24, 2.45) is 0 Å². The monoisotopic (exact) mass is 206 g/mol. The number of pyridine rings is 1. The van der Waals surface area contributed by atoms with Gasteiger partial charge >= 0.3 is 0 Å². The highest BCUT2D eigenvalue weighted by Gasteiger charge is 2.20. The van der Waals surface area contributed by atoms with Gasteiger partial charge in [-0.3, -0.25) is 4.98 Å². The summed E-state index contributed by atoms with van der Waals surface area (Å²) in [4.78, 5) is 4.29. The Morgan fingerprint density at radius 2 is 2.33 bits per heavy atom. The van der Waals surface area contributed by atoms with Gasteiger partial charge < -0.3 is 10.1 Å². The van der Waals surface area contributed by atoms with Crippen LogP contribution in [0, 0.1) is 6.92 Å². The van der Waals surface area contributed by atoms with E-state index in [4.69, 9.17) is 4.74 Å². The van der Waals surface area contributed by atoms with Gasteiger partial charge in [0.05, 0.1) is 6.10 Å². The molecule has 82 valence electrons. The molecule has 0 radical (unpaired) electrons. The minimum absolute atomic E-state index is 0.433. The molecule has 1 heterocycles. The lowest BCUT2D eigenvalue weighted by Crippen LogP contribution is -2.25. The standard InChI is InChI=1S/C12H18N2O/c1-9-6-12(15-11-4-3-5-11)10(7-13-2)8-14-9/h6,8,11,13H,3-5,7H2,1-2H3. The first-order valence-electron chi connectivity index (χ1n) is 5.56. The number of ether oxygens (including phenoxy) is 1. The van der Waals surface area contributed by atoms with E-state index >= 15 is 0 Å². The van der Waals surface area contributed by atoms with Crippen LogP contribution >= 0.6 is 0 Å². The Balaban J connectivity index is 2.13. The van der Waals surface area contributed by atoms with Crippen LogP contribution in [0.5, 0.6) is 5.75 Å². The van der Waals surface area contributed by atoms with Crippen molar-refractivity contribution in [1.29, 1.82) is 0 Å². The molecule has 1 aliphatic rings. The van der Waals surface area contributed by atoms with Crippen molar-refractivity contribution in [2.45, 2.75) is 38.8 Å². The van der Waals surface area contributed by atoms with Gasteiger partial charge in [-0.05, 0) is 33.2 Å². The van der Waals surface area contributed by atoms with E-state index in [9.17, 15) is 0 Å². The molecule has 1 fully saturated rings. The first-order chi connectivity index (χ1) is 7.29. The largest absolute Gasteiger partial charge is 0.490 e. The molecule has 15 heavy (non-hydrogen) atoms. The van der Waals surface area contributed by atoms with E-state index in [1.807, 2.05) is 26.2 Å². The highest BCUT2D eigenvalue weighted by atomic mass is 16.5. The van der Waals surface area contributed by atoms with E-state index in [0.29, 0.717) is 6.10 Å². The summed E-state index contributed by atoms with van der Waals surface area (Å²) >= 11 is 0. The van der Waals surface area contributed by atoms with E-state index < -0.39 is 0 Å². The molecule has 0 aliphatic heterocycles. The Bertz CT molecular complexity index is 334. The fourth-order valence-electron chi connectivity index (χ4n) is 1.66. The van der Waals surface area contributed by atoms with Gasteiger partial charge in [0.2, 0.25) is 0 Å². The number of hydrogen-bond donors (Lipinski definition) is 1. The van der Waals surface area contributed by atoms with E-state index in [2.05, 4.69) is 10.3 Å². The summed E-state index contributed by atoms with van der Waals surface area (Å²) in [5.41, 5.74) is 2.17. The second kappa shape index (κ2) is 4.62. The van der Waals surface area contributed by atoms with Crippen LogP contribution in [0.2, 0.25) is 0 Å². The van der Waals surface area contributed by atoms with E-state index in [1.54, 1.807) is 0 Å². The molecular weight excluding hydrogens is 188 g/mol. The van der Waals surface area contributed by atoms with E-state index in [-0.39, 0.29) is 0 Å². The van der Waals surface area contributed by atoms with Crippen LogP contribution in [0.25, 0.3) is 0 Å². The second-order valence-electron chi connectivity index (χ2n) is 4.13. The molecule has 1 aliphatic carbocycles. The minimum atomic E-state index is 0.433. The Morgan fingerprint density at radius 1 is 1.53 bits per heavy atom. The van der Waals surface area contributed by atoms with Gasteiger partial charge in [0.15, 0.2) is 0 Å². The third-order valence-corrected chi connectivity index (χ3v) is 2.79. The van der Waals surface area contributed by atoms with Gasteiger partial charge in [0.25, 0.3) is 0 Å². The average Bonchev–Trinajstić information content (AvgIpc) is 2.16. The van der Waals surface area contributed by atoms with Crippen LogP contribution in [0.15, 0.2) is 12.3 Å². The molecule has 3 heteroatoms.